The fourth-order valence-corrected chi connectivity index (χ4v) is 3.74. The molecule has 0 aliphatic carbocycles. The molecule has 0 amide bonds. The van der Waals surface area contributed by atoms with Gasteiger partial charge >= 0.3 is 5.97 Å². The molecule has 0 saturated carbocycles. The summed E-state index contributed by atoms with van der Waals surface area (Å²) in [6.45, 7) is 10.9. The number of rotatable bonds is 9. The van der Waals surface area contributed by atoms with Crippen molar-refractivity contribution >= 4 is 5.97 Å². The van der Waals surface area contributed by atoms with Crippen LogP contribution in [0.15, 0.2) is 12.2 Å². The van der Waals surface area contributed by atoms with Crippen molar-refractivity contribution in [1.82, 2.24) is 5.32 Å². The zero-order valence-electron chi connectivity index (χ0n) is 15.9. The van der Waals surface area contributed by atoms with Crippen LogP contribution in [0, 0.1) is 0 Å². The summed E-state index contributed by atoms with van der Waals surface area (Å²) in [5.74, 6) is -0.186. The van der Waals surface area contributed by atoms with E-state index in [0.717, 1.165) is 19.3 Å². The second-order valence-electron chi connectivity index (χ2n) is 8.32. The topological polar surface area (TPSA) is 38.3 Å². The minimum Gasteiger partial charge on any atom is -0.459 e. The molecule has 0 spiro atoms. The Balaban J connectivity index is 2.24. The summed E-state index contributed by atoms with van der Waals surface area (Å²) in [6.07, 6.45) is 14.0. The lowest BCUT2D eigenvalue weighted by molar-refractivity contribution is -0.147. The Bertz CT molecular complexity index is 369. The third-order valence-electron chi connectivity index (χ3n) is 4.41. The van der Waals surface area contributed by atoms with E-state index >= 15 is 0 Å². The molecular formula is C20H37NO2. The highest BCUT2D eigenvalue weighted by Gasteiger charge is 2.39. The number of esters is 1. The van der Waals surface area contributed by atoms with E-state index in [-0.39, 0.29) is 23.2 Å². The average molecular weight is 324 g/mol. The second-order valence-corrected chi connectivity index (χ2v) is 8.32. The van der Waals surface area contributed by atoms with Crippen molar-refractivity contribution in [2.45, 2.75) is 110 Å². The standard InChI is InChI=1S/C20H37NO2/c1-6-7-8-9-10-11-12-13-14-18(22)23-17-15-19(2,3)21-20(4,5)16-17/h13-14,17,21H,6-12,15-16H2,1-5H3. The van der Waals surface area contributed by atoms with Crippen molar-refractivity contribution in [2.75, 3.05) is 0 Å². The molecule has 0 unspecified atom stereocenters. The van der Waals surface area contributed by atoms with Crippen molar-refractivity contribution in [3.63, 3.8) is 0 Å². The summed E-state index contributed by atoms with van der Waals surface area (Å²) in [6, 6.07) is 0. The molecule has 1 fully saturated rings. The Kier molecular flexibility index (Phi) is 8.32. The molecule has 0 aromatic carbocycles. The van der Waals surface area contributed by atoms with Gasteiger partial charge in [0.25, 0.3) is 0 Å². The van der Waals surface area contributed by atoms with Gasteiger partial charge < -0.3 is 10.1 Å². The van der Waals surface area contributed by atoms with Crippen molar-refractivity contribution in [3.8, 4) is 0 Å². The highest BCUT2D eigenvalue weighted by Crippen LogP contribution is 2.30. The Morgan fingerprint density at radius 3 is 2.22 bits per heavy atom. The first-order chi connectivity index (χ1) is 10.7. The quantitative estimate of drug-likeness (QED) is 0.362. The molecule has 1 aliphatic heterocycles. The van der Waals surface area contributed by atoms with Crippen LogP contribution in [0.5, 0.6) is 0 Å². The van der Waals surface area contributed by atoms with Crippen molar-refractivity contribution in [3.05, 3.63) is 12.2 Å². The molecule has 0 aromatic heterocycles. The molecule has 1 N–H and O–H groups in total. The minimum absolute atomic E-state index is 0.00689. The first kappa shape index (κ1) is 20.2. The van der Waals surface area contributed by atoms with Crippen LogP contribution in [0.25, 0.3) is 0 Å². The number of unbranched alkanes of at least 4 members (excludes halogenated alkanes) is 6. The summed E-state index contributed by atoms with van der Waals surface area (Å²) < 4.78 is 5.66. The minimum atomic E-state index is -0.186. The van der Waals surface area contributed by atoms with Crippen LogP contribution < -0.4 is 5.32 Å². The van der Waals surface area contributed by atoms with Gasteiger partial charge in [-0.1, -0.05) is 45.1 Å². The molecule has 1 aliphatic rings. The highest BCUT2D eigenvalue weighted by molar-refractivity contribution is 5.82. The molecular weight excluding hydrogens is 286 g/mol. The number of nitrogens with one attached hydrogen (secondary N) is 1. The number of allylic oxidation sites excluding steroid dienone is 1. The summed E-state index contributed by atoms with van der Waals surface area (Å²) in [5.41, 5.74) is 0.0177. The molecule has 3 heteroatoms. The maximum absolute atomic E-state index is 12.0. The SMILES string of the molecule is CCCCCCCCC=CC(=O)OC1CC(C)(C)NC(C)(C)C1. The zero-order chi connectivity index (χ0) is 17.3. The van der Waals surface area contributed by atoms with E-state index in [1.54, 1.807) is 6.08 Å². The Morgan fingerprint density at radius 2 is 1.61 bits per heavy atom. The lowest BCUT2D eigenvalue weighted by atomic mass is 9.81. The predicted octanol–water partition coefficient (Wildman–Crippen LogP) is 5.15. The van der Waals surface area contributed by atoms with Crippen LogP contribution in [0.1, 0.15) is 92.4 Å². The molecule has 0 radical (unpaired) electrons. The molecule has 23 heavy (non-hydrogen) atoms. The Hall–Kier alpha value is -0.830. The van der Waals surface area contributed by atoms with Crippen LogP contribution in [-0.4, -0.2) is 23.2 Å². The first-order valence-electron chi connectivity index (χ1n) is 9.40. The molecule has 3 nitrogen and oxygen atoms in total. The van der Waals surface area contributed by atoms with Gasteiger partial charge in [0.2, 0.25) is 0 Å². The van der Waals surface area contributed by atoms with Gasteiger partial charge in [0.1, 0.15) is 6.10 Å². The summed E-state index contributed by atoms with van der Waals surface area (Å²) in [4.78, 5) is 12.0. The van der Waals surface area contributed by atoms with Gasteiger partial charge in [-0.05, 0) is 40.5 Å². The Morgan fingerprint density at radius 1 is 1.04 bits per heavy atom. The van der Waals surface area contributed by atoms with Gasteiger partial charge in [0.05, 0.1) is 0 Å². The third-order valence-corrected chi connectivity index (χ3v) is 4.41. The number of hydrogen-bond donors (Lipinski definition) is 1. The smallest absolute Gasteiger partial charge is 0.330 e. The second kappa shape index (κ2) is 9.46. The maximum Gasteiger partial charge on any atom is 0.330 e. The summed E-state index contributed by atoms with van der Waals surface area (Å²) in [5, 5.41) is 3.61. The molecule has 1 heterocycles. The van der Waals surface area contributed by atoms with Crippen LogP contribution in [0.3, 0.4) is 0 Å². The molecule has 1 saturated heterocycles. The number of piperidine rings is 1. The van der Waals surface area contributed by atoms with E-state index in [9.17, 15) is 4.79 Å². The van der Waals surface area contributed by atoms with E-state index in [1.807, 2.05) is 6.08 Å². The van der Waals surface area contributed by atoms with Gasteiger partial charge in [-0.25, -0.2) is 4.79 Å². The Labute approximate surface area is 143 Å². The fraction of sp³-hybridized carbons (Fsp3) is 0.850. The lowest BCUT2D eigenvalue weighted by Gasteiger charge is -2.45. The van der Waals surface area contributed by atoms with Gasteiger partial charge in [-0.2, -0.15) is 0 Å². The lowest BCUT2D eigenvalue weighted by Crippen LogP contribution is -2.59. The van der Waals surface area contributed by atoms with E-state index in [1.165, 1.54) is 38.5 Å². The first-order valence-corrected chi connectivity index (χ1v) is 9.40. The molecule has 134 valence electrons. The van der Waals surface area contributed by atoms with E-state index in [2.05, 4.69) is 39.9 Å². The van der Waals surface area contributed by atoms with E-state index in [0.29, 0.717) is 0 Å². The van der Waals surface area contributed by atoms with Gasteiger partial charge in [0, 0.05) is 30.0 Å². The maximum atomic E-state index is 12.0. The summed E-state index contributed by atoms with van der Waals surface area (Å²) >= 11 is 0. The van der Waals surface area contributed by atoms with Crippen LogP contribution in [-0.2, 0) is 9.53 Å². The average Bonchev–Trinajstić information content (AvgIpc) is 2.38. The van der Waals surface area contributed by atoms with Crippen molar-refractivity contribution in [2.24, 2.45) is 0 Å². The number of hydrogen-bond acceptors (Lipinski definition) is 3. The third kappa shape index (κ3) is 9.14. The number of carbonyl (C=O) groups is 1. The zero-order valence-corrected chi connectivity index (χ0v) is 15.9. The predicted molar refractivity (Wildman–Crippen MR) is 97.5 cm³/mol. The molecule has 0 bridgehead atoms. The van der Waals surface area contributed by atoms with Gasteiger partial charge in [-0.15, -0.1) is 0 Å². The van der Waals surface area contributed by atoms with E-state index < -0.39 is 0 Å². The van der Waals surface area contributed by atoms with Crippen molar-refractivity contribution in [1.29, 1.82) is 0 Å². The van der Waals surface area contributed by atoms with Crippen LogP contribution >= 0.6 is 0 Å². The van der Waals surface area contributed by atoms with Gasteiger partial charge in [-0.3, -0.25) is 0 Å². The molecule has 1 rings (SSSR count). The number of ether oxygens (including phenoxy) is 1. The number of carbonyl (C=O) groups excluding carboxylic acids is 1. The normalized spacial score (nSPS) is 20.7. The largest absolute Gasteiger partial charge is 0.459 e. The van der Waals surface area contributed by atoms with E-state index in [4.69, 9.17) is 4.74 Å². The summed E-state index contributed by atoms with van der Waals surface area (Å²) in [7, 11) is 0. The van der Waals surface area contributed by atoms with Crippen LogP contribution in [0.4, 0.5) is 0 Å². The van der Waals surface area contributed by atoms with Crippen molar-refractivity contribution < 1.29 is 9.53 Å². The molecule has 0 atom stereocenters. The fourth-order valence-electron chi connectivity index (χ4n) is 3.74. The monoisotopic (exact) mass is 323 g/mol. The highest BCUT2D eigenvalue weighted by atomic mass is 16.5. The van der Waals surface area contributed by atoms with Gasteiger partial charge in [0.15, 0.2) is 0 Å². The molecule has 0 aromatic rings. The van der Waals surface area contributed by atoms with Crippen LogP contribution in [0.2, 0.25) is 0 Å².